The molecule has 7 heteroatoms. The van der Waals surface area contributed by atoms with E-state index >= 15 is 0 Å². The Morgan fingerprint density at radius 3 is 2.69 bits per heavy atom. The molecule has 1 aromatic carbocycles. The molecule has 1 amide bonds. The quantitative estimate of drug-likeness (QED) is 0.414. The van der Waals surface area contributed by atoms with E-state index in [-0.39, 0.29) is 11.9 Å². The first kappa shape index (κ1) is 18.4. The topological polar surface area (TPSA) is 77.5 Å². The van der Waals surface area contributed by atoms with Crippen LogP contribution in [-0.4, -0.2) is 49.3 Å². The zero-order valence-electron chi connectivity index (χ0n) is 14.8. The summed E-state index contributed by atoms with van der Waals surface area (Å²) in [4.78, 5) is 14.9. The fourth-order valence-corrected chi connectivity index (χ4v) is 3.36. The summed E-state index contributed by atoms with van der Waals surface area (Å²) in [6.07, 6.45) is 5.14. The molecule has 0 spiro atoms. The smallest absolute Gasteiger partial charge is 0.293 e. The summed E-state index contributed by atoms with van der Waals surface area (Å²) >= 11 is 0. The Bertz CT molecular complexity index is 680. The van der Waals surface area contributed by atoms with Crippen molar-refractivity contribution in [2.45, 2.75) is 31.8 Å². The van der Waals surface area contributed by atoms with Gasteiger partial charge in [-0.25, -0.2) is 4.39 Å². The number of ether oxygens (including phenoxy) is 1. The molecule has 1 aliphatic heterocycles. The largest absolute Gasteiger partial charge is 0.483 e. The van der Waals surface area contributed by atoms with Crippen molar-refractivity contribution in [2.24, 2.45) is 0 Å². The van der Waals surface area contributed by atoms with Crippen molar-refractivity contribution in [2.75, 3.05) is 31.5 Å². The van der Waals surface area contributed by atoms with Crippen molar-refractivity contribution in [1.82, 2.24) is 10.2 Å². The molecule has 0 atom stereocenters. The predicted octanol–water partition coefficient (Wildman–Crippen LogP) is 2.49. The zero-order valence-corrected chi connectivity index (χ0v) is 14.8. The third-order valence-corrected chi connectivity index (χ3v) is 4.70. The summed E-state index contributed by atoms with van der Waals surface area (Å²) in [5.41, 5.74) is 0.847. The van der Waals surface area contributed by atoms with Crippen molar-refractivity contribution in [3.05, 3.63) is 41.5 Å². The fraction of sp³-hybridized carbons (Fsp3) is 0.474. The van der Waals surface area contributed by atoms with Gasteiger partial charge in [0.1, 0.15) is 11.5 Å². The minimum atomic E-state index is -0.445. The molecular formula is C19H25FN4O2. The van der Waals surface area contributed by atoms with Crippen LogP contribution in [0.4, 0.5) is 10.1 Å². The Hall–Kier alpha value is -2.41. The lowest BCUT2D eigenvalue weighted by Crippen LogP contribution is -2.44. The number of nitrogens with one attached hydrogen (secondary N) is 3. The first-order valence-electron chi connectivity index (χ1n) is 9.11. The van der Waals surface area contributed by atoms with Gasteiger partial charge >= 0.3 is 0 Å². The van der Waals surface area contributed by atoms with Gasteiger partial charge in [0.15, 0.2) is 0 Å². The number of amides is 1. The summed E-state index contributed by atoms with van der Waals surface area (Å²) in [7, 11) is 0. The molecule has 1 aromatic rings. The molecule has 1 saturated heterocycles. The highest BCUT2D eigenvalue weighted by Gasteiger charge is 2.27. The van der Waals surface area contributed by atoms with Crippen LogP contribution in [0.5, 0.6) is 0 Å². The summed E-state index contributed by atoms with van der Waals surface area (Å²) in [6, 6.07) is 5.76. The lowest BCUT2D eigenvalue weighted by Gasteiger charge is -2.31. The molecule has 2 fully saturated rings. The van der Waals surface area contributed by atoms with Gasteiger partial charge in [-0.15, -0.1) is 0 Å². The van der Waals surface area contributed by atoms with Crippen molar-refractivity contribution >= 4 is 17.8 Å². The minimum absolute atomic E-state index is 0.0128. The van der Waals surface area contributed by atoms with Gasteiger partial charge in [0, 0.05) is 38.1 Å². The van der Waals surface area contributed by atoms with E-state index in [1.54, 1.807) is 12.1 Å². The summed E-state index contributed by atoms with van der Waals surface area (Å²) in [5.74, 6) is -0.711. The summed E-state index contributed by atoms with van der Waals surface area (Å²) in [5, 5.41) is 13.8. The van der Waals surface area contributed by atoms with E-state index in [1.165, 1.54) is 18.3 Å². The molecule has 3 N–H and O–H groups in total. The number of anilines is 1. The van der Waals surface area contributed by atoms with Gasteiger partial charge in [-0.3, -0.25) is 4.79 Å². The molecule has 26 heavy (non-hydrogen) atoms. The zero-order chi connectivity index (χ0) is 18.4. The normalized spacial score (nSPS) is 19.0. The molecule has 2 aliphatic rings. The van der Waals surface area contributed by atoms with Crippen LogP contribution < -0.4 is 10.6 Å². The number of nitrogens with zero attached hydrogens (tertiary/aromatic N) is 1. The van der Waals surface area contributed by atoms with E-state index in [4.69, 9.17) is 10.1 Å². The van der Waals surface area contributed by atoms with Gasteiger partial charge in [0.25, 0.3) is 5.91 Å². The van der Waals surface area contributed by atoms with Crippen LogP contribution in [0.15, 0.2) is 35.7 Å². The summed E-state index contributed by atoms with van der Waals surface area (Å²) < 4.78 is 19.5. The number of piperazine rings is 1. The van der Waals surface area contributed by atoms with E-state index in [0.717, 1.165) is 38.8 Å². The Balaban J connectivity index is 1.86. The van der Waals surface area contributed by atoms with Crippen LogP contribution in [0, 0.1) is 11.2 Å². The highest BCUT2D eigenvalue weighted by Crippen LogP contribution is 2.26. The number of carbonyl (C=O) groups excluding carboxylic acids is 1. The van der Waals surface area contributed by atoms with Gasteiger partial charge in [0.2, 0.25) is 5.76 Å². The molecular weight excluding hydrogens is 335 g/mol. The van der Waals surface area contributed by atoms with Gasteiger partial charge in [-0.2, -0.15) is 0 Å². The molecule has 6 nitrogen and oxygen atoms in total. The Labute approximate surface area is 152 Å². The Morgan fingerprint density at radius 2 is 2.04 bits per heavy atom. The average molecular weight is 360 g/mol. The van der Waals surface area contributed by atoms with Gasteiger partial charge in [0.05, 0.1) is 6.10 Å². The number of allylic oxidation sites excluding steroid dienone is 1. The first-order chi connectivity index (χ1) is 12.7. The minimum Gasteiger partial charge on any atom is -0.483 e. The monoisotopic (exact) mass is 360 g/mol. The van der Waals surface area contributed by atoms with Crippen LogP contribution in [0.2, 0.25) is 0 Å². The molecule has 140 valence electrons. The van der Waals surface area contributed by atoms with E-state index in [0.29, 0.717) is 24.5 Å². The molecule has 1 aliphatic carbocycles. The van der Waals surface area contributed by atoms with Gasteiger partial charge in [-0.1, -0.05) is 6.07 Å². The number of benzene rings is 1. The third kappa shape index (κ3) is 4.60. The molecule has 0 unspecified atom stereocenters. The van der Waals surface area contributed by atoms with Crippen LogP contribution in [0.1, 0.15) is 25.7 Å². The molecule has 1 saturated carbocycles. The van der Waals surface area contributed by atoms with Crippen molar-refractivity contribution in [3.8, 4) is 0 Å². The average Bonchev–Trinajstić information content (AvgIpc) is 3.15. The third-order valence-electron chi connectivity index (χ3n) is 4.70. The van der Waals surface area contributed by atoms with E-state index in [9.17, 15) is 9.18 Å². The van der Waals surface area contributed by atoms with E-state index in [2.05, 4.69) is 10.6 Å². The highest BCUT2D eigenvalue weighted by molar-refractivity contribution is 6.05. The van der Waals surface area contributed by atoms with E-state index in [1.807, 2.05) is 4.90 Å². The maximum Gasteiger partial charge on any atom is 0.293 e. The fourth-order valence-electron chi connectivity index (χ4n) is 3.36. The predicted molar refractivity (Wildman–Crippen MR) is 98.6 cm³/mol. The Kier molecular flexibility index (Phi) is 6.22. The van der Waals surface area contributed by atoms with Gasteiger partial charge < -0.3 is 25.7 Å². The lowest BCUT2D eigenvalue weighted by molar-refractivity contribution is -0.117. The second kappa shape index (κ2) is 8.80. The van der Waals surface area contributed by atoms with E-state index < -0.39 is 11.7 Å². The SMILES string of the molecule is N=C/C(=C(/OC1CCCC1)C(=O)Nc1cccc(F)c1)N1CCNCC1. The first-order valence-corrected chi connectivity index (χ1v) is 9.11. The molecule has 0 radical (unpaired) electrons. The Morgan fingerprint density at radius 1 is 1.31 bits per heavy atom. The lowest BCUT2D eigenvalue weighted by atomic mass is 10.2. The van der Waals surface area contributed by atoms with Crippen LogP contribution >= 0.6 is 0 Å². The molecule has 1 heterocycles. The van der Waals surface area contributed by atoms with Gasteiger partial charge in [-0.05, 0) is 43.9 Å². The van der Waals surface area contributed by atoms with Crippen LogP contribution in [0.3, 0.4) is 0 Å². The highest BCUT2D eigenvalue weighted by atomic mass is 19.1. The second-order valence-electron chi connectivity index (χ2n) is 6.58. The molecule has 0 aromatic heterocycles. The number of hydrogen-bond donors (Lipinski definition) is 3. The number of carbonyl (C=O) groups is 1. The van der Waals surface area contributed by atoms with Crippen molar-refractivity contribution in [3.63, 3.8) is 0 Å². The standard InChI is InChI=1S/C19H25FN4O2/c20-14-4-3-5-15(12-14)23-19(25)18(26-16-6-1-2-7-16)17(13-21)24-10-8-22-9-11-24/h3-5,12-13,16,21-22H,1-2,6-11H2,(H,23,25)/b18-17-,21-13?. The summed E-state index contributed by atoms with van der Waals surface area (Å²) in [6.45, 7) is 2.99. The molecule has 0 bridgehead atoms. The maximum absolute atomic E-state index is 13.4. The molecule has 3 rings (SSSR count). The van der Waals surface area contributed by atoms with Crippen LogP contribution in [-0.2, 0) is 9.53 Å². The second-order valence-corrected chi connectivity index (χ2v) is 6.58. The van der Waals surface area contributed by atoms with Crippen molar-refractivity contribution in [1.29, 1.82) is 5.41 Å². The maximum atomic E-state index is 13.4. The number of rotatable bonds is 6. The number of hydrogen-bond acceptors (Lipinski definition) is 5. The van der Waals surface area contributed by atoms with Crippen molar-refractivity contribution < 1.29 is 13.9 Å². The number of halogens is 1. The van der Waals surface area contributed by atoms with Crippen LogP contribution in [0.25, 0.3) is 0 Å².